The molecule has 0 saturated heterocycles. The summed E-state index contributed by atoms with van der Waals surface area (Å²) in [6, 6.07) is 14.9. The maximum Gasteiger partial charge on any atom is 0.262 e. The van der Waals surface area contributed by atoms with E-state index in [1.54, 1.807) is 12.1 Å². The molecular formula is C22H23BrN2O5S. The Bertz CT molecular complexity index is 1130. The van der Waals surface area contributed by atoms with E-state index >= 15 is 0 Å². The molecule has 3 rings (SSSR count). The monoisotopic (exact) mass is 506 g/mol. The predicted molar refractivity (Wildman–Crippen MR) is 122 cm³/mol. The van der Waals surface area contributed by atoms with E-state index in [0.717, 1.165) is 10.0 Å². The molecule has 3 aromatic rings. The molecule has 2 N–H and O–H groups in total. The van der Waals surface area contributed by atoms with Crippen LogP contribution in [-0.2, 0) is 21.4 Å². The minimum absolute atomic E-state index is 0.0551. The zero-order chi connectivity index (χ0) is 22.4. The smallest absolute Gasteiger partial charge is 0.262 e. The average Bonchev–Trinajstić information content (AvgIpc) is 3.25. The van der Waals surface area contributed by atoms with Gasteiger partial charge in [-0.15, -0.1) is 0 Å². The molecule has 2 aromatic carbocycles. The average molecular weight is 507 g/mol. The van der Waals surface area contributed by atoms with Gasteiger partial charge in [0.2, 0.25) is 10.0 Å². The van der Waals surface area contributed by atoms with Gasteiger partial charge in [-0.2, -0.15) is 0 Å². The number of hydrogen-bond donors (Lipinski definition) is 2. The van der Waals surface area contributed by atoms with E-state index in [4.69, 9.17) is 9.15 Å². The second-order valence-corrected chi connectivity index (χ2v) is 9.78. The third kappa shape index (κ3) is 6.43. The highest BCUT2D eigenvalue weighted by Crippen LogP contribution is 2.29. The summed E-state index contributed by atoms with van der Waals surface area (Å²) in [5, 5.41) is 2.70. The number of anilines is 1. The molecule has 0 unspecified atom stereocenters. The van der Waals surface area contributed by atoms with Gasteiger partial charge in [-0.05, 0) is 66.1 Å². The van der Waals surface area contributed by atoms with E-state index in [-0.39, 0.29) is 29.9 Å². The SMILES string of the molecule is CC(C)c1cc(Br)ccc1OCC(=O)Nc1ccc(S(=O)(=O)NCc2ccco2)cc1. The van der Waals surface area contributed by atoms with E-state index in [2.05, 4.69) is 26.0 Å². The summed E-state index contributed by atoms with van der Waals surface area (Å²) < 4.78 is 38.9. The van der Waals surface area contributed by atoms with E-state index in [1.807, 2.05) is 32.0 Å². The van der Waals surface area contributed by atoms with Crippen LogP contribution < -0.4 is 14.8 Å². The molecule has 0 fully saturated rings. The van der Waals surface area contributed by atoms with Crippen molar-refractivity contribution < 1.29 is 22.4 Å². The fraction of sp³-hybridized carbons (Fsp3) is 0.227. The summed E-state index contributed by atoms with van der Waals surface area (Å²) in [6.07, 6.45) is 1.48. The standard InChI is InChI=1S/C22H23BrN2O5S/c1-15(2)20-12-16(23)5-10-21(20)30-14-22(26)25-17-6-8-19(9-7-17)31(27,28)24-13-18-4-3-11-29-18/h3-12,15,24H,13-14H2,1-2H3,(H,25,26). The molecule has 0 aliphatic rings. The summed E-state index contributed by atoms with van der Waals surface area (Å²) in [5.41, 5.74) is 1.47. The van der Waals surface area contributed by atoms with E-state index in [1.165, 1.54) is 30.5 Å². The highest BCUT2D eigenvalue weighted by atomic mass is 79.9. The Labute approximate surface area is 190 Å². The molecule has 31 heavy (non-hydrogen) atoms. The highest BCUT2D eigenvalue weighted by molar-refractivity contribution is 9.10. The first-order valence-electron chi connectivity index (χ1n) is 9.59. The van der Waals surface area contributed by atoms with Crippen molar-refractivity contribution in [3.63, 3.8) is 0 Å². The molecule has 1 heterocycles. The lowest BCUT2D eigenvalue weighted by Gasteiger charge is -2.14. The highest BCUT2D eigenvalue weighted by Gasteiger charge is 2.15. The first-order valence-corrected chi connectivity index (χ1v) is 11.9. The number of sulfonamides is 1. The Morgan fingerprint density at radius 3 is 2.52 bits per heavy atom. The van der Waals surface area contributed by atoms with Gasteiger partial charge in [0.15, 0.2) is 6.61 Å². The number of nitrogens with one attached hydrogen (secondary N) is 2. The number of amides is 1. The van der Waals surface area contributed by atoms with Crippen LogP contribution in [0.5, 0.6) is 5.75 Å². The maximum absolute atomic E-state index is 12.4. The summed E-state index contributed by atoms with van der Waals surface area (Å²) in [6.45, 7) is 3.99. The van der Waals surface area contributed by atoms with Gasteiger partial charge in [-0.25, -0.2) is 13.1 Å². The van der Waals surface area contributed by atoms with Gasteiger partial charge in [-0.1, -0.05) is 29.8 Å². The number of halogens is 1. The number of furan rings is 1. The van der Waals surface area contributed by atoms with Crippen molar-refractivity contribution in [1.29, 1.82) is 0 Å². The number of carbonyl (C=O) groups is 1. The van der Waals surface area contributed by atoms with Crippen molar-refractivity contribution in [2.45, 2.75) is 31.2 Å². The molecule has 9 heteroatoms. The lowest BCUT2D eigenvalue weighted by Crippen LogP contribution is -2.23. The van der Waals surface area contributed by atoms with Gasteiger partial charge in [0.05, 0.1) is 17.7 Å². The Morgan fingerprint density at radius 2 is 1.87 bits per heavy atom. The minimum atomic E-state index is -3.70. The summed E-state index contributed by atoms with van der Waals surface area (Å²) >= 11 is 3.44. The fourth-order valence-electron chi connectivity index (χ4n) is 2.82. The summed E-state index contributed by atoms with van der Waals surface area (Å²) in [5.74, 6) is 1.06. The molecule has 1 aromatic heterocycles. The second-order valence-electron chi connectivity index (χ2n) is 7.10. The zero-order valence-electron chi connectivity index (χ0n) is 17.1. The zero-order valence-corrected chi connectivity index (χ0v) is 19.5. The first kappa shape index (κ1) is 23.1. The van der Waals surface area contributed by atoms with E-state index < -0.39 is 10.0 Å². The third-order valence-corrected chi connectivity index (χ3v) is 6.33. The Balaban J connectivity index is 1.56. The molecule has 0 aliphatic heterocycles. The first-order chi connectivity index (χ1) is 14.7. The van der Waals surface area contributed by atoms with Gasteiger partial charge in [0, 0.05) is 10.2 Å². The third-order valence-electron chi connectivity index (χ3n) is 4.42. The lowest BCUT2D eigenvalue weighted by atomic mass is 10.0. The van der Waals surface area contributed by atoms with Crippen LogP contribution in [0.4, 0.5) is 5.69 Å². The maximum atomic E-state index is 12.4. The fourth-order valence-corrected chi connectivity index (χ4v) is 4.19. The Kier molecular flexibility index (Phi) is 7.53. The molecule has 0 saturated carbocycles. The predicted octanol–water partition coefficient (Wildman–Crippen LogP) is 4.66. The number of benzene rings is 2. The van der Waals surface area contributed by atoms with Crippen LogP contribution in [-0.4, -0.2) is 20.9 Å². The Hall–Kier alpha value is -2.62. The van der Waals surface area contributed by atoms with Crippen LogP contribution in [0, 0.1) is 0 Å². The number of ether oxygens (including phenoxy) is 1. The largest absolute Gasteiger partial charge is 0.483 e. The van der Waals surface area contributed by atoms with Gasteiger partial charge in [0.25, 0.3) is 5.91 Å². The minimum Gasteiger partial charge on any atom is -0.483 e. The molecule has 7 nitrogen and oxygen atoms in total. The van der Waals surface area contributed by atoms with Gasteiger partial charge in [0.1, 0.15) is 11.5 Å². The van der Waals surface area contributed by atoms with Crippen LogP contribution >= 0.6 is 15.9 Å². The molecule has 0 aliphatic carbocycles. The van der Waals surface area contributed by atoms with Crippen LogP contribution in [0.25, 0.3) is 0 Å². The second kappa shape index (κ2) is 10.1. The molecular weight excluding hydrogens is 484 g/mol. The van der Waals surface area contributed by atoms with E-state index in [9.17, 15) is 13.2 Å². The molecule has 164 valence electrons. The summed E-state index contributed by atoms with van der Waals surface area (Å²) in [4.78, 5) is 12.4. The summed E-state index contributed by atoms with van der Waals surface area (Å²) in [7, 11) is -3.70. The number of hydrogen-bond acceptors (Lipinski definition) is 5. The molecule has 1 amide bonds. The van der Waals surface area contributed by atoms with Crippen molar-refractivity contribution in [2.75, 3.05) is 11.9 Å². The van der Waals surface area contributed by atoms with Crippen LogP contribution in [0.15, 0.2) is 74.6 Å². The van der Waals surface area contributed by atoms with Gasteiger partial charge in [-0.3, -0.25) is 4.79 Å². The molecule has 0 radical (unpaired) electrons. The van der Waals surface area contributed by atoms with Crippen molar-refractivity contribution in [2.24, 2.45) is 0 Å². The van der Waals surface area contributed by atoms with Crippen LogP contribution in [0.2, 0.25) is 0 Å². The topological polar surface area (TPSA) is 97.6 Å². The normalized spacial score (nSPS) is 11.5. The van der Waals surface area contributed by atoms with Crippen molar-refractivity contribution >= 4 is 37.5 Å². The Morgan fingerprint density at radius 1 is 1.13 bits per heavy atom. The quantitative estimate of drug-likeness (QED) is 0.439. The van der Waals surface area contributed by atoms with E-state index in [0.29, 0.717) is 17.2 Å². The van der Waals surface area contributed by atoms with Crippen LogP contribution in [0.1, 0.15) is 31.1 Å². The molecule has 0 atom stereocenters. The molecule has 0 bridgehead atoms. The molecule has 0 spiro atoms. The van der Waals surface area contributed by atoms with Crippen LogP contribution in [0.3, 0.4) is 0 Å². The van der Waals surface area contributed by atoms with Crippen molar-refractivity contribution in [1.82, 2.24) is 4.72 Å². The number of rotatable bonds is 9. The van der Waals surface area contributed by atoms with Gasteiger partial charge >= 0.3 is 0 Å². The van der Waals surface area contributed by atoms with Gasteiger partial charge < -0.3 is 14.5 Å². The lowest BCUT2D eigenvalue weighted by molar-refractivity contribution is -0.118. The van der Waals surface area contributed by atoms with Crippen molar-refractivity contribution in [3.8, 4) is 5.75 Å². The number of carbonyl (C=O) groups excluding carboxylic acids is 1. The van der Waals surface area contributed by atoms with Crippen molar-refractivity contribution in [3.05, 3.63) is 76.7 Å².